The van der Waals surface area contributed by atoms with Crippen LogP contribution in [0, 0.1) is 0 Å². The number of hydrogen-bond donors (Lipinski definition) is 0. The normalized spacial score (nSPS) is 14.3. The van der Waals surface area contributed by atoms with E-state index in [-0.39, 0.29) is 0 Å². The Morgan fingerprint density at radius 2 is 2.13 bits per heavy atom. The zero-order valence-corrected chi connectivity index (χ0v) is 9.45. The first-order valence-corrected chi connectivity index (χ1v) is 5.21. The molecular formula is C11H8BrNO2. The van der Waals surface area contributed by atoms with Crippen molar-refractivity contribution in [1.29, 1.82) is 0 Å². The van der Waals surface area contributed by atoms with Crippen molar-refractivity contribution in [1.82, 2.24) is 0 Å². The number of nitrogens with zero attached hydrogens (tertiary/aromatic N) is 1. The zero-order chi connectivity index (χ0) is 11.0. The van der Waals surface area contributed by atoms with E-state index in [4.69, 9.17) is 0 Å². The summed E-state index contributed by atoms with van der Waals surface area (Å²) in [4.78, 5) is 24.6. The van der Waals surface area contributed by atoms with Crippen LogP contribution in [0.25, 0.3) is 0 Å². The van der Waals surface area contributed by atoms with Crippen LogP contribution in [0.1, 0.15) is 10.4 Å². The Balaban J connectivity index is 2.56. The number of benzene rings is 1. The Morgan fingerprint density at radius 3 is 2.80 bits per heavy atom. The van der Waals surface area contributed by atoms with Gasteiger partial charge in [-0.15, -0.1) is 6.58 Å². The molecule has 0 spiro atoms. The minimum absolute atomic E-state index is 0.355. The van der Waals surface area contributed by atoms with Crippen LogP contribution >= 0.6 is 15.9 Å². The number of Topliss-reactive ketones (excluding diaryl/α,β-unsaturated/α-hetero) is 1. The first-order chi connectivity index (χ1) is 7.15. The number of anilines is 1. The summed E-state index contributed by atoms with van der Waals surface area (Å²) in [7, 11) is 0. The second-order valence-corrected chi connectivity index (χ2v) is 4.11. The average molecular weight is 266 g/mol. The average Bonchev–Trinajstić information content (AvgIpc) is 2.44. The van der Waals surface area contributed by atoms with Gasteiger partial charge in [0.25, 0.3) is 11.7 Å². The molecule has 0 N–H and O–H groups in total. The Bertz CT molecular complexity index is 468. The zero-order valence-electron chi connectivity index (χ0n) is 7.87. The van der Waals surface area contributed by atoms with Gasteiger partial charge in [-0.1, -0.05) is 22.0 Å². The molecule has 0 atom stereocenters. The Kier molecular flexibility index (Phi) is 2.44. The van der Waals surface area contributed by atoms with Gasteiger partial charge in [0.15, 0.2) is 0 Å². The van der Waals surface area contributed by atoms with Gasteiger partial charge in [0.1, 0.15) is 0 Å². The minimum atomic E-state index is -0.483. The van der Waals surface area contributed by atoms with E-state index in [0.717, 1.165) is 4.47 Å². The van der Waals surface area contributed by atoms with Crippen molar-refractivity contribution in [3.05, 3.63) is 40.9 Å². The number of halogens is 1. The first-order valence-electron chi connectivity index (χ1n) is 4.42. The van der Waals surface area contributed by atoms with Crippen molar-refractivity contribution in [2.24, 2.45) is 0 Å². The van der Waals surface area contributed by atoms with Gasteiger partial charge < -0.3 is 4.90 Å². The van der Waals surface area contributed by atoms with Gasteiger partial charge in [-0.05, 0) is 18.2 Å². The van der Waals surface area contributed by atoms with E-state index < -0.39 is 11.7 Å². The Labute approximate surface area is 95.5 Å². The number of carbonyl (C=O) groups is 2. The van der Waals surface area contributed by atoms with Crippen molar-refractivity contribution in [3.63, 3.8) is 0 Å². The maximum atomic E-state index is 11.6. The number of hydrogen-bond acceptors (Lipinski definition) is 2. The maximum absolute atomic E-state index is 11.6. The maximum Gasteiger partial charge on any atom is 0.299 e. The topological polar surface area (TPSA) is 37.4 Å². The molecule has 0 unspecified atom stereocenters. The predicted molar refractivity (Wildman–Crippen MR) is 61.0 cm³/mol. The highest BCUT2D eigenvalue weighted by molar-refractivity contribution is 9.10. The van der Waals surface area contributed by atoms with Crippen LogP contribution in [0.15, 0.2) is 35.3 Å². The van der Waals surface area contributed by atoms with Crippen LogP contribution in [0.2, 0.25) is 0 Å². The highest BCUT2D eigenvalue weighted by Gasteiger charge is 2.34. The van der Waals surface area contributed by atoms with Crippen LogP contribution in [0.3, 0.4) is 0 Å². The monoisotopic (exact) mass is 265 g/mol. The first kappa shape index (κ1) is 10.1. The lowest BCUT2D eigenvalue weighted by molar-refractivity contribution is -0.114. The molecule has 0 saturated carbocycles. The van der Waals surface area contributed by atoms with Crippen LogP contribution in [-0.4, -0.2) is 18.2 Å². The Morgan fingerprint density at radius 1 is 1.40 bits per heavy atom. The predicted octanol–water partition coefficient (Wildman–Crippen LogP) is 2.16. The molecule has 15 heavy (non-hydrogen) atoms. The molecule has 0 aromatic heterocycles. The fourth-order valence-corrected chi connectivity index (χ4v) is 1.93. The van der Waals surface area contributed by atoms with Gasteiger partial charge in [0.2, 0.25) is 0 Å². The van der Waals surface area contributed by atoms with Crippen molar-refractivity contribution in [2.75, 3.05) is 11.4 Å². The summed E-state index contributed by atoms with van der Waals surface area (Å²) in [5.74, 6) is -0.928. The minimum Gasteiger partial charge on any atom is -0.301 e. The fraction of sp³-hybridized carbons (Fsp3) is 0.0909. The van der Waals surface area contributed by atoms with E-state index in [1.165, 1.54) is 4.90 Å². The van der Waals surface area contributed by atoms with Crippen LogP contribution in [0.5, 0.6) is 0 Å². The standard InChI is InChI=1S/C11H8BrNO2/c1-2-5-13-9-6-7(12)3-4-8(9)10(14)11(13)15/h2-4,6H,1,5H2. The molecule has 0 saturated heterocycles. The molecule has 1 aliphatic heterocycles. The highest BCUT2D eigenvalue weighted by Crippen LogP contribution is 2.31. The largest absolute Gasteiger partial charge is 0.301 e. The fourth-order valence-electron chi connectivity index (χ4n) is 1.58. The number of amides is 1. The van der Waals surface area contributed by atoms with Crippen LogP contribution < -0.4 is 4.90 Å². The van der Waals surface area contributed by atoms with Gasteiger partial charge >= 0.3 is 0 Å². The SMILES string of the molecule is C=CCN1C(=O)C(=O)c2ccc(Br)cc21. The molecule has 0 radical (unpaired) electrons. The smallest absolute Gasteiger partial charge is 0.299 e. The molecule has 1 amide bonds. The lowest BCUT2D eigenvalue weighted by Gasteiger charge is -2.13. The number of carbonyl (C=O) groups excluding carboxylic acids is 2. The lowest BCUT2D eigenvalue weighted by Crippen LogP contribution is -2.29. The van der Waals surface area contributed by atoms with E-state index in [0.29, 0.717) is 17.8 Å². The van der Waals surface area contributed by atoms with E-state index in [1.54, 1.807) is 24.3 Å². The number of fused-ring (bicyclic) bond motifs is 1. The molecule has 1 aromatic carbocycles. The van der Waals surface area contributed by atoms with E-state index >= 15 is 0 Å². The third kappa shape index (κ3) is 1.51. The molecule has 0 aliphatic carbocycles. The quantitative estimate of drug-likeness (QED) is 0.607. The molecule has 76 valence electrons. The van der Waals surface area contributed by atoms with Crippen LogP contribution in [0.4, 0.5) is 5.69 Å². The molecule has 2 rings (SSSR count). The number of ketones is 1. The summed E-state index contributed by atoms with van der Waals surface area (Å²) in [6, 6.07) is 5.17. The van der Waals surface area contributed by atoms with Gasteiger partial charge in [-0.25, -0.2) is 0 Å². The van der Waals surface area contributed by atoms with Gasteiger partial charge in [0.05, 0.1) is 11.3 Å². The van der Waals surface area contributed by atoms with Crippen molar-refractivity contribution in [3.8, 4) is 0 Å². The summed E-state index contributed by atoms with van der Waals surface area (Å²) in [6.45, 7) is 3.92. The molecule has 1 heterocycles. The van der Waals surface area contributed by atoms with E-state index in [1.807, 2.05) is 0 Å². The van der Waals surface area contributed by atoms with Gasteiger partial charge in [0, 0.05) is 11.0 Å². The number of rotatable bonds is 2. The lowest BCUT2D eigenvalue weighted by atomic mass is 10.1. The summed E-state index contributed by atoms with van der Waals surface area (Å²) in [5.41, 5.74) is 1.12. The summed E-state index contributed by atoms with van der Waals surface area (Å²) in [5, 5.41) is 0. The molecule has 0 bridgehead atoms. The van der Waals surface area contributed by atoms with Crippen molar-refractivity contribution >= 4 is 33.3 Å². The van der Waals surface area contributed by atoms with Gasteiger partial charge in [-0.2, -0.15) is 0 Å². The molecule has 0 fully saturated rings. The third-order valence-electron chi connectivity index (χ3n) is 2.25. The molecule has 3 nitrogen and oxygen atoms in total. The van der Waals surface area contributed by atoms with Crippen LogP contribution in [-0.2, 0) is 4.79 Å². The second kappa shape index (κ2) is 3.62. The Hall–Kier alpha value is -1.42. The van der Waals surface area contributed by atoms with E-state index in [2.05, 4.69) is 22.5 Å². The second-order valence-electron chi connectivity index (χ2n) is 3.20. The van der Waals surface area contributed by atoms with E-state index in [9.17, 15) is 9.59 Å². The summed E-state index contributed by atoms with van der Waals surface area (Å²) in [6.07, 6.45) is 1.60. The highest BCUT2D eigenvalue weighted by atomic mass is 79.9. The van der Waals surface area contributed by atoms with Crippen molar-refractivity contribution < 1.29 is 9.59 Å². The van der Waals surface area contributed by atoms with Crippen molar-refractivity contribution in [2.45, 2.75) is 0 Å². The summed E-state index contributed by atoms with van der Waals surface area (Å²) < 4.78 is 0.845. The molecule has 1 aliphatic rings. The third-order valence-corrected chi connectivity index (χ3v) is 2.74. The molecule has 4 heteroatoms. The summed E-state index contributed by atoms with van der Waals surface area (Å²) >= 11 is 3.31. The van der Waals surface area contributed by atoms with Gasteiger partial charge in [-0.3, -0.25) is 9.59 Å². The molecule has 1 aromatic rings. The molecular weight excluding hydrogens is 258 g/mol.